The third-order valence-electron chi connectivity index (χ3n) is 8.32. The molecule has 47 heavy (non-hydrogen) atoms. The molecule has 1 saturated heterocycles. The van der Waals surface area contributed by atoms with Crippen LogP contribution in [0.25, 0.3) is 0 Å². The lowest BCUT2D eigenvalue weighted by Crippen LogP contribution is -2.56. The Balaban J connectivity index is 1.51. The second-order valence-corrected chi connectivity index (χ2v) is 12.2. The maximum absolute atomic E-state index is 12.9. The van der Waals surface area contributed by atoms with Crippen LogP contribution in [0.3, 0.4) is 0 Å². The first-order valence-electron chi connectivity index (χ1n) is 15.6. The van der Waals surface area contributed by atoms with Crippen molar-refractivity contribution in [3.05, 3.63) is 35.9 Å². The number of ether oxygens (including phenoxy) is 2. The molecule has 3 rings (SSSR count). The van der Waals surface area contributed by atoms with Gasteiger partial charge in [-0.25, -0.2) is 14.7 Å². The number of Topliss-reactive ketones (excluding diaryl/α,β-unsaturated/α-hetero) is 1. The highest BCUT2D eigenvalue weighted by molar-refractivity contribution is 5.94. The number of benzene rings is 1. The van der Waals surface area contributed by atoms with Gasteiger partial charge in [-0.2, -0.15) is 0 Å². The molecule has 6 unspecified atom stereocenters. The Bertz CT molecular complexity index is 1300. The van der Waals surface area contributed by atoms with Crippen LogP contribution in [0, 0.1) is 17.8 Å². The van der Waals surface area contributed by atoms with E-state index >= 15 is 0 Å². The van der Waals surface area contributed by atoms with E-state index in [1.165, 1.54) is 14.0 Å². The molecule has 1 saturated carbocycles. The Kier molecular flexibility index (Phi) is 13.7. The van der Waals surface area contributed by atoms with Crippen LogP contribution in [0.5, 0.6) is 0 Å². The van der Waals surface area contributed by atoms with Gasteiger partial charge < -0.3 is 30.5 Å². The van der Waals surface area contributed by atoms with Gasteiger partial charge in [0, 0.05) is 12.8 Å². The number of methoxy groups -OCH3 is 1. The summed E-state index contributed by atoms with van der Waals surface area (Å²) in [6, 6.07) is 4.61. The quantitative estimate of drug-likeness (QED) is 0.187. The molecule has 0 radical (unpaired) electrons. The number of rotatable bonds is 16. The number of esters is 1. The molecule has 0 spiro atoms. The van der Waals surface area contributed by atoms with Gasteiger partial charge in [-0.1, -0.05) is 50.6 Å². The first kappa shape index (κ1) is 36.9. The molecule has 258 valence electrons. The minimum atomic E-state index is -1.64. The smallest absolute Gasteiger partial charge is 0.408 e. The van der Waals surface area contributed by atoms with Gasteiger partial charge in [0.1, 0.15) is 31.3 Å². The molecule has 15 heteroatoms. The Morgan fingerprint density at radius 1 is 0.979 bits per heavy atom. The maximum Gasteiger partial charge on any atom is 0.408 e. The van der Waals surface area contributed by atoms with Crippen LogP contribution in [0.2, 0.25) is 0 Å². The molecule has 4 amide bonds. The monoisotopic (exact) mass is 660 g/mol. The number of carboxylic acids is 1. The van der Waals surface area contributed by atoms with E-state index < -0.39 is 72.8 Å². The molecule has 6 atom stereocenters. The average molecular weight is 661 g/mol. The first-order valence-corrected chi connectivity index (χ1v) is 15.6. The lowest BCUT2D eigenvalue weighted by molar-refractivity contribution is -0.200. The summed E-state index contributed by atoms with van der Waals surface area (Å²) < 4.78 is 9.96. The third kappa shape index (κ3) is 10.8. The number of amides is 4. The number of alkyl carbamates (subject to hydrolysis) is 1. The standard InChI is InChI=1S/C32H44N4O11/c1-18(2)27(35-32(44)46-16-20-9-6-5-7-10-20)30(41)33-19(3)29(40)34-24(31(42)43)15-23(37)17-47-36-25(38)13-21-11-8-12-22(28(21)36)14-26(39)45-4/h5-7,9-10,18-19,21-22,24,27-28H,8,11-17H2,1-4H3,(H,33,41)(H,34,40)(H,35,44)(H,42,43). The van der Waals surface area contributed by atoms with E-state index in [0.717, 1.165) is 23.5 Å². The predicted octanol–water partition coefficient (Wildman–Crippen LogP) is 1.48. The Hall–Kier alpha value is -4.53. The number of hydrogen-bond acceptors (Lipinski definition) is 10. The largest absolute Gasteiger partial charge is 0.480 e. The summed E-state index contributed by atoms with van der Waals surface area (Å²) in [5.41, 5.74) is 0.753. The third-order valence-corrected chi connectivity index (χ3v) is 8.32. The van der Waals surface area contributed by atoms with Gasteiger partial charge in [-0.05, 0) is 43.1 Å². The number of ketones is 1. The summed E-state index contributed by atoms with van der Waals surface area (Å²) in [6.45, 7) is 4.07. The summed E-state index contributed by atoms with van der Waals surface area (Å²) in [7, 11) is 1.29. The molecular formula is C32H44N4O11. The van der Waals surface area contributed by atoms with Crippen molar-refractivity contribution >= 4 is 41.5 Å². The number of hydroxylamine groups is 2. The molecule has 1 heterocycles. The number of aliphatic carboxylic acids is 1. The van der Waals surface area contributed by atoms with Crippen molar-refractivity contribution in [1.29, 1.82) is 0 Å². The Morgan fingerprint density at radius 3 is 2.32 bits per heavy atom. The Labute approximate surface area is 273 Å². The van der Waals surface area contributed by atoms with E-state index in [1.54, 1.807) is 38.1 Å². The Morgan fingerprint density at radius 2 is 1.68 bits per heavy atom. The summed E-state index contributed by atoms with van der Waals surface area (Å²) in [6.07, 6.45) is 1.15. The number of carbonyl (C=O) groups excluding carboxylic acids is 6. The summed E-state index contributed by atoms with van der Waals surface area (Å²) in [4.78, 5) is 93.0. The number of carboxylic acid groups (broad SMARTS) is 1. The number of fused-ring (bicyclic) bond motifs is 1. The first-order chi connectivity index (χ1) is 22.3. The topological polar surface area (TPSA) is 207 Å². The normalized spacial score (nSPS) is 20.7. The van der Waals surface area contributed by atoms with Crippen LogP contribution in [0.4, 0.5) is 4.79 Å². The zero-order chi connectivity index (χ0) is 34.7. The molecule has 2 fully saturated rings. The second kappa shape index (κ2) is 17.4. The minimum Gasteiger partial charge on any atom is -0.480 e. The van der Waals surface area contributed by atoms with Crippen molar-refractivity contribution in [2.75, 3.05) is 13.7 Å². The zero-order valence-electron chi connectivity index (χ0n) is 27.1. The van der Waals surface area contributed by atoms with Crippen molar-refractivity contribution in [3.8, 4) is 0 Å². The van der Waals surface area contributed by atoms with Gasteiger partial charge in [-0.15, -0.1) is 0 Å². The molecule has 15 nitrogen and oxygen atoms in total. The average Bonchev–Trinajstić information content (AvgIpc) is 3.36. The number of nitrogens with zero attached hydrogens (tertiary/aromatic N) is 1. The van der Waals surface area contributed by atoms with Crippen LogP contribution in [0.15, 0.2) is 30.3 Å². The van der Waals surface area contributed by atoms with Gasteiger partial charge >= 0.3 is 18.0 Å². The molecule has 4 N–H and O–H groups in total. The highest BCUT2D eigenvalue weighted by Gasteiger charge is 2.47. The minimum absolute atomic E-state index is 0.0103. The molecule has 0 bridgehead atoms. The molecule has 1 aliphatic heterocycles. The summed E-state index contributed by atoms with van der Waals surface area (Å²) in [5, 5.41) is 18.0. The van der Waals surface area contributed by atoms with Crippen molar-refractivity contribution in [2.24, 2.45) is 17.8 Å². The fourth-order valence-corrected chi connectivity index (χ4v) is 5.85. The summed E-state index contributed by atoms with van der Waals surface area (Å²) in [5.74, 6) is -5.10. The molecule has 2 aliphatic rings. The molecule has 0 aromatic heterocycles. The van der Waals surface area contributed by atoms with Crippen LogP contribution >= 0.6 is 0 Å². The number of carbonyl (C=O) groups is 7. The molecular weight excluding hydrogens is 616 g/mol. The van der Waals surface area contributed by atoms with Crippen molar-refractivity contribution < 1.29 is 53.0 Å². The maximum atomic E-state index is 12.9. The van der Waals surface area contributed by atoms with E-state index in [-0.39, 0.29) is 43.1 Å². The highest BCUT2D eigenvalue weighted by Crippen LogP contribution is 2.42. The predicted molar refractivity (Wildman–Crippen MR) is 164 cm³/mol. The SMILES string of the molecule is COC(=O)CC1CCCC2CC(=O)N(OCC(=O)CC(NC(=O)C(C)NC(=O)C(NC(=O)OCc3ccccc3)C(C)C)C(=O)O)C12. The number of nitrogens with one attached hydrogen (secondary N) is 3. The van der Waals surface area contributed by atoms with Crippen molar-refractivity contribution in [2.45, 2.75) is 90.1 Å². The lowest BCUT2D eigenvalue weighted by Gasteiger charge is -2.36. The van der Waals surface area contributed by atoms with E-state index in [0.29, 0.717) is 6.42 Å². The zero-order valence-corrected chi connectivity index (χ0v) is 27.1. The summed E-state index contributed by atoms with van der Waals surface area (Å²) >= 11 is 0. The van der Waals surface area contributed by atoms with E-state index in [2.05, 4.69) is 16.0 Å². The second-order valence-electron chi connectivity index (χ2n) is 12.2. The van der Waals surface area contributed by atoms with Gasteiger partial charge in [0.15, 0.2) is 5.78 Å². The fourth-order valence-electron chi connectivity index (χ4n) is 5.85. The van der Waals surface area contributed by atoms with E-state index in [9.17, 15) is 38.7 Å². The molecule has 1 aliphatic carbocycles. The molecule has 1 aromatic rings. The van der Waals surface area contributed by atoms with Crippen LogP contribution < -0.4 is 16.0 Å². The van der Waals surface area contributed by atoms with Gasteiger partial charge in [0.25, 0.3) is 0 Å². The number of hydrogen-bond donors (Lipinski definition) is 4. The van der Waals surface area contributed by atoms with Gasteiger partial charge in [0.05, 0.1) is 19.6 Å². The van der Waals surface area contributed by atoms with Crippen molar-refractivity contribution in [3.63, 3.8) is 0 Å². The lowest BCUT2D eigenvalue weighted by atomic mass is 9.76. The van der Waals surface area contributed by atoms with Crippen molar-refractivity contribution in [1.82, 2.24) is 21.0 Å². The van der Waals surface area contributed by atoms with Gasteiger partial charge in [-0.3, -0.25) is 28.8 Å². The van der Waals surface area contributed by atoms with Crippen LogP contribution in [-0.4, -0.2) is 89.6 Å². The van der Waals surface area contributed by atoms with Crippen LogP contribution in [0.1, 0.15) is 64.9 Å². The fraction of sp³-hybridized carbons (Fsp3) is 0.594. The van der Waals surface area contributed by atoms with E-state index in [1.807, 2.05) is 6.07 Å². The van der Waals surface area contributed by atoms with Crippen LogP contribution in [-0.2, 0) is 49.7 Å². The molecule has 1 aromatic carbocycles. The highest BCUT2D eigenvalue weighted by atomic mass is 16.7. The van der Waals surface area contributed by atoms with E-state index in [4.69, 9.17) is 14.3 Å². The van der Waals surface area contributed by atoms with Gasteiger partial charge in [0.2, 0.25) is 17.7 Å².